The van der Waals surface area contributed by atoms with E-state index in [2.05, 4.69) is 73.2 Å². The zero-order chi connectivity index (χ0) is 11.0. The number of hydrogen-bond acceptors (Lipinski definition) is 2. The fraction of sp³-hybridized carbons (Fsp3) is 0.600. The van der Waals surface area contributed by atoms with E-state index in [1.165, 1.54) is 0 Å². The second-order valence-electron chi connectivity index (χ2n) is 5.75. The Hall–Kier alpha value is -0.486. The van der Waals surface area contributed by atoms with Crippen LogP contribution in [-0.2, 0) is 0 Å². The second kappa shape index (κ2) is 3.58. The molecule has 0 atom stereocenters. The van der Waals surface area contributed by atoms with Crippen molar-refractivity contribution in [3.63, 3.8) is 0 Å². The van der Waals surface area contributed by atoms with E-state index in [0.29, 0.717) is 0 Å². The van der Waals surface area contributed by atoms with Gasteiger partial charge in [0.1, 0.15) is 0 Å². The van der Waals surface area contributed by atoms with Gasteiger partial charge in [-0.15, -0.1) is 0 Å². The highest BCUT2D eigenvalue weighted by molar-refractivity contribution is 6.74. The molecule has 0 radical (unpaired) electrons. The van der Waals surface area contributed by atoms with Gasteiger partial charge in [-0.25, -0.2) is 0 Å². The van der Waals surface area contributed by atoms with Gasteiger partial charge in [0.05, 0.1) is 0 Å². The minimum absolute atomic E-state index is 1.20. The van der Waals surface area contributed by atoms with E-state index >= 15 is 0 Å². The Morgan fingerprint density at radius 3 is 0.929 bits per heavy atom. The highest BCUT2D eigenvalue weighted by Crippen LogP contribution is 2.19. The fourth-order valence-corrected chi connectivity index (χ4v) is 3.34. The van der Waals surface area contributed by atoms with E-state index in [1.54, 1.807) is 0 Å². The lowest BCUT2D eigenvalue weighted by Crippen LogP contribution is -2.44. The van der Waals surface area contributed by atoms with Crippen LogP contribution in [0.2, 0.25) is 39.3 Å². The Kier molecular flexibility index (Phi) is 2.97. The summed E-state index contributed by atoms with van der Waals surface area (Å²) in [5.74, 6) is 0. The molecule has 14 heavy (non-hydrogen) atoms. The summed E-state index contributed by atoms with van der Waals surface area (Å²) in [6, 6.07) is 0. The molecule has 1 aliphatic rings. The lowest BCUT2D eigenvalue weighted by molar-refractivity contribution is 0.642. The van der Waals surface area contributed by atoms with Crippen molar-refractivity contribution < 1.29 is 0 Å². The van der Waals surface area contributed by atoms with Crippen LogP contribution in [0.5, 0.6) is 0 Å². The maximum Gasteiger partial charge on any atom is 0.152 e. The summed E-state index contributed by atoms with van der Waals surface area (Å²) < 4.78 is 4.76. The Labute approximate surface area is 90.1 Å². The summed E-state index contributed by atoms with van der Waals surface area (Å²) in [5.41, 5.74) is 0. The van der Waals surface area contributed by atoms with Gasteiger partial charge >= 0.3 is 0 Å². The van der Waals surface area contributed by atoms with Gasteiger partial charge in [-0.05, 0) is 0 Å². The third-order valence-electron chi connectivity index (χ3n) is 2.32. The molecule has 0 aromatic heterocycles. The van der Waals surface area contributed by atoms with Crippen molar-refractivity contribution >= 4 is 16.5 Å². The summed E-state index contributed by atoms with van der Waals surface area (Å²) in [5, 5.41) is 0. The Morgan fingerprint density at radius 1 is 0.571 bits per heavy atom. The molecule has 0 N–H and O–H groups in total. The Balaban J connectivity index is 2.72. The van der Waals surface area contributed by atoms with Crippen molar-refractivity contribution in [2.24, 2.45) is 0 Å². The van der Waals surface area contributed by atoms with Crippen LogP contribution in [0, 0.1) is 0 Å². The molecule has 0 fully saturated rings. The molecule has 0 amide bonds. The van der Waals surface area contributed by atoms with Gasteiger partial charge in [0.15, 0.2) is 16.5 Å². The monoisotopic (exact) mass is 226 g/mol. The van der Waals surface area contributed by atoms with E-state index in [4.69, 9.17) is 0 Å². The maximum absolute atomic E-state index is 2.38. The van der Waals surface area contributed by atoms with Gasteiger partial charge in [-0.3, -0.25) is 0 Å². The molecule has 1 heterocycles. The molecule has 2 nitrogen and oxygen atoms in total. The molecule has 1 rings (SSSR count). The van der Waals surface area contributed by atoms with Crippen molar-refractivity contribution in [1.82, 2.24) is 9.13 Å². The molecule has 0 saturated carbocycles. The van der Waals surface area contributed by atoms with E-state index in [-0.39, 0.29) is 0 Å². The average Bonchev–Trinajstić information content (AvgIpc) is 2.01. The largest absolute Gasteiger partial charge is 0.379 e. The molecule has 0 saturated heterocycles. The zero-order valence-corrected chi connectivity index (χ0v) is 12.2. The van der Waals surface area contributed by atoms with E-state index in [1.807, 2.05) is 0 Å². The molecule has 0 unspecified atom stereocenters. The van der Waals surface area contributed by atoms with E-state index in [9.17, 15) is 0 Å². The van der Waals surface area contributed by atoms with Crippen LogP contribution in [0.3, 0.4) is 0 Å². The topological polar surface area (TPSA) is 6.48 Å². The third-order valence-corrected chi connectivity index (χ3v) is 6.02. The first-order chi connectivity index (χ1) is 6.21. The van der Waals surface area contributed by atoms with Crippen LogP contribution < -0.4 is 0 Å². The van der Waals surface area contributed by atoms with Gasteiger partial charge in [-0.2, -0.15) is 0 Å². The lowest BCUT2D eigenvalue weighted by atomic mass is 10.7. The molecular formula is C10H22N2Si2. The van der Waals surface area contributed by atoms with Crippen LogP contribution >= 0.6 is 0 Å². The van der Waals surface area contributed by atoms with Crippen molar-refractivity contribution in [2.45, 2.75) is 39.3 Å². The highest BCUT2D eigenvalue weighted by atomic mass is 28.3. The molecule has 0 bridgehead atoms. The summed E-state index contributed by atoms with van der Waals surface area (Å²) in [6.07, 6.45) is 8.91. The number of rotatable bonds is 2. The normalized spacial score (nSPS) is 17.9. The Bertz CT molecular complexity index is 218. The van der Waals surface area contributed by atoms with Crippen molar-refractivity contribution in [3.05, 3.63) is 24.8 Å². The summed E-state index contributed by atoms with van der Waals surface area (Å²) in [4.78, 5) is 0. The van der Waals surface area contributed by atoms with Gasteiger partial charge in [0.25, 0.3) is 0 Å². The van der Waals surface area contributed by atoms with E-state index < -0.39 is 16.5 Å². The lowest BCUT2D eigenvalue weighted by Gasteiger charge is -2.38. The average molecular weight is 226 g/mol. The smallest absolute Gasteiger partial charge is 0.152 e. The molecule has 80 valence electrons. The first kappa shape index (κ1) is 11.6. The number of nitrogens with zero attached hydrogens (tertiary/aromatic N) is 2. The molecule has 0 spiro atoms. The first-order valence-corrected chi connectivity index (χ1v) is 12.0. The van der Waals surface area contributed by atoms with Crippen LogP contribution in [-0.4, -0.2) is 25.6 Å². The molecule has 0 aliphatic carbocycles. The molecule has 4 heteroatoms. The van der Waals surface area contributed by atoms with Gasteiger partial charge in [0, 0.05) is 24.8 Å². The minimum Gasteiger partial charge on any atom is -0.379 e. The molecule has 0 aromatic carbocycles. The zero-order valence-electron chi connectivity index (χ0n) is 10.2. The first-order valence-electron chi connectivity index (χ1n) is 5.15. The molecule has 1 aliphatic heterocycles. The van der Waals surface area contributed by atoms with Crippen molar-refractivity contribution in [3.8, 4) is 0 Å². The van der Waals surface area contributed by atoms with Gasteiger partial charge in [0.2, 0.25) is 0 Å². The SMILES string of the molecule is C[Si](C)(C)N1C=CN([Si](C)(C)C)C=C1. The summed E-state index contributed by atoms with van der Waals surface area (Å²) >= 11 is 0. The predicted molar refractivity (Wildman–Crippen MR) is 68.7 cm³/mol. The Morgan fingerprint density at radius 2 is 0.786 bits per heavy atom. The molecule has 0 aromatic rings. The third kappa shape index (κ3) is 2.75. The van der Waals surface area contributed by atoms with Crippen molar-refractivity contribution in [1.29, 1.82) is 0 Å². The summed E-state index contributed by atoms with van der Waals surface area (Å²) in [7, 11) is -2.39. The van der Waals surface area contributed by atoms with Gasteiger partial charge in [-0.1, -0.05) is 39.3 Å². The predicted octanol–water partition coefficient (Wildman–Crippen LogP) is 3.22. The minimum atomic E-state index is -1.20. The van der Waals surface area contributed by atoms with E-state index in [0.717, 1.165) is 0 Å². The number of hydrogen-bond donors (Lipinski definition) is 0. The molecular weight excluding hydrogens is 204 g/mol. The van der Waals surface area contributed by atoms with Crippen LogP contribution in [0.25, 0.3) is 0 Å². The van der Waals surface area contributed by atoms with Crippen LogP contribution in [0.4, 0.5) is 0 Å². The summed E-state index contributed by atoms with van der Waals surface area (Å²) in [6.45, 7) is 14.1. The quantitative estimate of drug-likeness (QED) is 0.667. The van der Waals surface area contributed by atoms with Crippen molar-refractivity contribution in [2.75, 3.05) is 0 Å². The van der Waals surface area contributed by atoms with Crippen LogP contribution in [0.15, 0.2) is 24.8 Å². The standard InChI is InChI=1S/C10H22N2Si2/c1-13(2,3)11-7-9-12(10-8-11)14(4,5)6/h7-10H,1-6H3. The highest BCUT2D eigenvalue weighted by Gasteiger charge is 2.24. The fourth-order valence-electron chi connectivity index (χ4n) is 1.28. The maximum atomic E-state index is 2.38. The second-order valence-corrected chi connectivity index (χ2v) is 15.5. The van der Waals surface area contributed by atoms with Crippen LogP contribution in [0.1, 0.15) is 0 Å². The van der Waals surface area contributed by atoms with Gasteiger partial charge < -0.3 is 9.13 Å².